The molecule has 1 nitrogen and oxygen atoms in total. The Morgan fingerprint density at radius 2 is 0.804 bits per heavy atom. The second-order valence-electron chi connectivity index (χ2n) is 14.5. The van der Waals surface area contributed by atoms with Crippen LogP contribution in [-0.2, 0) is 10.8 Å². The largest absolute Gasteiger partial charge is 0.310 e. The predicted molar refractivity (Wildman–Crippen MR) is 213 cm³/mol. The summed E-state index contributed by atoms with van der Waals surface area (Å²) in [6.45, 7) is 4.77. The van der Waals surface area contributed by atoms with Gasteiger partial charge in [-0.15, -0.1) is 0 Å². The molecule has 0 N–H and O–H groups in total. The van der Waals surface area contributed by atoms with Crippen LogP contribution in [0.15, 0.2) is 188 Å². The first-order valence-electron chi connectivity index (χ1n) is 17.9. The number of fused-ring (bicyclic) bond motifs is 10. The molecule has 51 heavy (non-hydrogen) atoms. The molecular formula is C50H37N. The van der Waals surface area contributed by atoms with E-state index in [1.807, 2.05) is 0 Å². The van der Waals surface area contributed by atoms with Gasteiger partial charge < -0.3 is 4.90 Å². The zero-order valence-corrected chi connectivity index (χ0v) is 28.8. The molecule has 0 bridgehead atoms. The average Bonchev–Trinajstić information content (AvgIpc) is 3.48. The van der Waals surface area contributed by atoms with E-state index in [0.29, 0.717) is 0 Å². The minimum atomic E-state index is -0.394. The van der Waals surface area contributed by atoms with E-state index in [9.17, 15) is 0 Å². The van der Waals surface area contributed by atoms with Gasteiger partial charge >= 0.3 is 0 Å². The van der Waals surface area contributed by atoms with E-state index >= 15 is 0 Å². The van der Waals surface area contributed by atoms with Crippen LogP contribution in [0.3, 0.4) is 0 Å². The first-order valence-corrected chi connectivity index (χ1v) is 17.9. The fourth-order valence-electron chi connectivity index (χ4n) is 9.19. The van der Waals surface area contributed by atoms with Gasteiger partial charge in [-0.25, -0.2) is 0 Å². The van der Waals surface area contributed by atoms with Crippen LogP contribution in [0.4, 0.5) is 17.1 Å². The summed E-state index contributed by atoms with van der Waals surface area (Å²) in [4.78, 5) is 2.33. The number of benzene rings is 8. The molecular weight excluding hydrogens is 615 g/mol. The Bertz CT molecular complexity index is 2530. The van der Waals surface area contributed by atoms with Gasteiger partial charge in [-0.3, -0.25) is 0 Å². The van der Waals surface area contributed by atoms with Crippen LogP contribution in [0.2, 0.25) is 0 Å². The monoisotopic (exact) mass is 651 g/mol. The first kappa shape index (κ1) is 29.7. The van der Waals surface area contributed by atoms with Crippen molar-refractivity contribution in [3.63, 3.8) is 0 Å². The zero-order valence-electron chi connectivity index (χ0n) is 28.8. The minimum absolute atomic E-state index is 0.110. The molecule has 0 heterocycles. The maximum atomic E-state index is 2.49. The molecule has 0 aliphatic heterocycles. The van der Waals surface area contributed by atoms with Gasteiger partial charge in [0.15, 0.2) is 0 Å². The van der Waals surface area contributed by atoms with E-state index < -0.39 is 5.41 Å². The molecule has 1 heteroatoms. The zero-order chi connectivity index (χ0) is 34.2. The van der Waals surface area contributed by atoms with Crippen molar-refractivity contribution in [3.8, 4) is 22.3 Å². The summed E-state index contributed by atoms with van der Waals surface area (Å²) >= 11 is 0. The number of rotatable bonds is 4. The Hall–Kier alpha value is -6.18. The number of para-hydroxylation sites is 2. The molecule has 0 atom stereocenters. The summed E-state index contributed by atoms with van der Waals surface area (Å²) < 4.78 is 0. The highest BCUT2D eigenvalue weighted by Gasteiger charge is 2.53. The van der Waals surface area contributed by atoms with Gasteiger partial charge in [-0.1, -0.05) is 153 Å². The van der Waals surface area contributed by atoms with E-state index in [4.69, 9.17) is 0 Å². The normalized spacial score (nSPS) is 14.4. The lowest BCUT2D eigenvalue weighted by molar-refractivity contribution is 0.563. The summed E-state index contributed by atoms with van der Waals surface area (Å²) in [5.74, 6) is 0. The predicted octanol–water partition coefficient (Wildman–Crippen LogP) is 13.0. The fraction of sp³-hybridized carbons (Fsp3) is 0.0800. The molecule has 1 spiro atoms. The van der Waals surface area contributed by atoms with Gasteiger partial charge in [-0.05, 0) is 115 Å². The maximum absolute atomic E-state index is 2.49. The van der Waals surface area contributed by atoms with Crippen LogP contribution in [0.5, 0.6) is 0 Å². The molecule has 0 saturated heterocycles. The summed E-state index contributed by atoms with van der Waals surface area (Å²) in [6, 6.07) is 69.6. The first-order chi connectivity index (χ1) is 25.0. The van der Waals surface area contributed by atoms with Crippen molar-refractivity contribution in [2.75, 3.05) is 4.90 Å². The molecule has 0 radical (unpaired) electrons. The molecule has 0 aromatic heterocycles. The third-order valence-corrected chi connectivity index (χ3v) is 11.5. The van der Waals surface area contributed by atoms with E-state index in [-0.39, 0.29) is 5.41 Å². The van der Waals surface area contributed by atoms with E-state index in [1.54, 1.807) is 0 Å². The lowest BCUT2D eigenvalue weighted by atomic mass is 9.55. The molecule has 0 unspecified atom stereocenters. The second kappa shape index (κ2) is 11.2. The van der Waals surface area contributed by atoms with Gasteiger partial charge in [0, 0.05) is 22.5 Å². The second-order valence-corrected chi connectivity index (χ2v) is 14.5. The maximum Gasteiger partial charge on any atom is 0.0719 e. The van der Waals surface area contributed by atoms with Gasteiger partial charge in [0.2, 0.25) is 0 Å². The SMILES string of the molecule is CC1(C)c2ccccc2C2(c3ccccc3-c3ccc(-c4ccc5cc(N(c6ccccc6)c6ccccc6)ccc5c4)cc32)c2ccccc21. The Kier molecular flexibility index (Phi) is 6.51. The van der Waals surface area contributed by atoms with Crippen LogP contribution in [0.25, 0.3) is 33.0 Å². The third-order valence-electron chi connectivity index (χ3n) is 11.5. The van der Waals surface area contributed by atoms with Crippen molar-refractivity contribution in [1.29, 1.82) is 0 Å². The molecule has 242 valence electrons. The van der Waals surface area contributed by atoms with Gasteiger partial charge in [0.1, 0.15) is 0 Å². The number of nitrogens with zero attached hydrogens (tertiary/aromatic N) is 1. The summed E-state index contributed by atoms with van der Waals surface area (Å²) in [5.41, 5.74) is 16.4. The molecule has 0 amide bonds. The number of anilines is 3. The highest BCUT2D eigenvalue weighted by Crippen LogP contribution is 2.62. The van der Waals surface area contributed by atoms with Crippen LogP contribution < -0.4 is 4.90 Å². The minimum Gasteiger partial charge on any atom is -0.310 e. The third kappa shape index (κ3) is 4.28. The van der Waals surface area contributed by atoms with E-state index in [1.165, 1.54) is 66.4 Å². The fourth-order valence-corrected chi connectivity index (χ4v) is 9.19. The van der Waals surface area contributed by atoms with Gasteiger partial charge in [0.25, 0.3) is 0 Å². The quantitative estimate of drug-likeness (QED) is 0.183. The van der Waals surface area contributed by atoms with Crippen LogP contribution in [-0.4, -0.2) is 0 Å². The summed E-state index contributed by atoms with van der Waals surface area (Å²) in [7, 11) is 0. The van der Waals surface area contributed by atoms with Crippen molar-refractivity contribution in [1.82, 2.24) is 0 Å². The molecule has 2 aliphatic rings. The Morgan fingerprint density at radius 1 is 0.333 bits per heavy atom. The molecule has 8 aromatic rings. The van der Waals surface area contributed by atoms with Gasteiger partial charge in [-0.2, -0.15) is 0 Å². The smallest absolute Gasteiger partial charge is 0.0719 e. The molecule has 8 aromatic carbocycles. The van der Waals surface area contributed by atoms with Gasteiger partial charge in [0.05, 0.1) is 5.41 Å². The summed E-state index contributed by atoms with van der Waals surface area (Å²) in [6.07, 6.45) is 0. The topological polar surface area (TPSA) is 3.24 Å². The van der Waals surface area contributed by atoms with E-state index in [0.717, 1.165) is 17.1 Å². The lowest BCUT2D eigenvalue weighted by Crippen LogP contribution is -2.40. The molecule has 2 aliphatic carbocycles. The van der Waals surface area contributed by atoms with Crippen molar-refractivity contribution in [2.45, 2.75) is 24.7 Å². The Morgan fingerprint density at radius 3 is 1.45 bits per heavy atom. The van der Waals surface area contributed by atoms with Crippen molar-refractivity contribution in [2.24, 2.45) is 0 Å². The molecule has 10 rings (SSSR count). The highest BCUT2D eigenvalue weighted by atomic mass is 15.1. The molecule has 0 fully saturated rings. The Balaban J connectivity index is 1.14. The van der Waals surface area contributed by atoms with Crippen LogP contribution >= 0.6 is 0 Å². The van der Waals surface area contributed by atoms with Crippen molar-refractivity contribution >= 4 is 27.8 Å². The highest BCUT2D eigenvalue weighted by molar-refractivity contribution is 5.94. The number of hydrogen-bond donors (Lipinski definition) is 0. The van der Waals surface area contributed by atoms with Crippen LogP contribution in [0.1, 0.15) is 47.2 Å². The standard InChI is InChI=1S/C50H37N/c1-49(2)44-21-11-13-23-46(44)50(47-24-14-12-22-45(47)49)43-20-10-9-19-41(43)42-30-28-37(33-48(42)50)34-25-26-36-32-40(29-27-35(36)31-34)51(38-15-5-3-6-16-38)39-17-7-4-8-18-39/h3-33H,1-2H3. The molecule has 0 saturated carbocycles. The Labute approximate surface area is 300 Å². The summed E-state index contributed by atoms with van der Waals surface area (Å²) in [5, 5.41) is 2.45. The van der Waals surface area contributed by atoms with Crippen molar-refractivity contribution in [3.05, 3.63) is 221 Å². The average molecular weight is 652 g/mol. The van der Waals surface area contributed by atoms with Crippen molar-refractivity contribution < 1.29 is 0 Å². The van der Waals surface area contributed by atoms with Crippen LogP contribution in [0, 0.1) is 0 Å². The lowest BCUT2D eigenvalue weighted by Gasteiger charge is -2.46. The van der Waals surface area contributed by atoms with E-state index in [2.05, 4.69) is 207 Å². The number of hydrogen-bond acceptors (Lipinski definition) is 1.